The van der Waals surface area contributed by atoms with Gasteiger partial charge in [0.1, 0.15) is 0 Å². The van der Waals surface area contributed by atoms with Crippen LogP contribution in [0.15, 0.2) is 24.3 Å². The molecule has 1 saturated heterocycles. The largest absolute Gasteiger partial charge is 0.326 e. The Bertz CT molecular complexity index is 400. The van der Waals surface area contributed by atoms with Crippen LogP contribution in [0, 0.1) is 6.92 Å². The van der Waals surface area contributed by atoms with Crippen LogP contribution in [0.25, 0.3) is 0 Å². The maximum atomic E-state index is 6.32. The molecule has 0 aliphatic carbocycles. The van der Waals surface area contributed by atoms with Gasteiger partial charge < -0.3 is 5.73 Å². The molecule has 1 aromatic rings. The Morgan fingerprint density at radius 2 is 2.16 bits per heavy atom. The Morgan fingerprint density at radius 3 is 2.79 bits per heavy atom. The Labute approximate surface area is 118 Å². The number of piperidine rings is 1. The van der Waals surface area contributed by atoms with Crippen LogP contribution in [0.3, 0.4) is 0 Å². The summed E-state index contributed by atoms with van der Waals surface area (Å²) < 4.78 is 0. The lowest BCUT2D eigenvalue weighted by Gasteiger charge is -2.43. The second-order valence-electron chi connectivity index (χ2n) is 6.01. The first-order chi connectivity index (χ1) is 9.13. The first-order valence-electron chi connectivity index (χ1n) is 7.71. The summed E-state index contributed by atoms with van der Waals surface area (Å²) in [5.74, 6) is 0. The summed E-state index contributed by atoms with van der Waals surface area (Å²) in [6.45, 7) is 7.81. The standard InChI is InChI=1S/C17H28N2/c1-4-16-10-5-6-11-19(16)17(14(3)18)15-9-7-8-13(2)12-15/h7-9,12,14,16-17H,4-6,10-11,18H2,1-3H3. The number of hydrogen-bond donors (Lipinski definition) is 1. The second-order valence-corrected chi connectivity index (χ2v) is 6.01. The highest BCUT2D eigenvalue weighted by molar-refractivity contribution is 5.26. The molecule has 0 amide bonds. The van der Waals surface area contributed by atoms with Gasteiger partial charge in [-0.2, -0.15) is 0 Å². The Kier molecular flexibility index (Phi) is 5.00. The predicted octanol–water partition coefficient (Wildman–Crippen LogP) is 3.65. The SMILES string of the molecule is CCC1CCCCN1C(c1cccc(C)c1)C(C)N. The van der Waals surface area contributed by atoms with E-state index in [9.17, 15) is 0 Å². The summed E-state index contributed by atoms with van der Waals surface area (Å²) in [5, 5.41) is 0. The van der Waals surface area contributed by atoms with E-state index in [1.54, 1.807) is 0 Å². The normalized spacial score (nSPS) is 24.1. The lowest BCUT2D eigenvalue weighted by atomic mass is 9.91. The molecule has 1 aliphatic rings. The van der Waals surface area contributed by atoms with Gasteiger partial charge in [-0.25, -0.2) is 0 Å². The smallest absolute Gasteiger partial charge is 0.0499 e. The molecule has 1 aliphatic heterocycles. The van der Waals surface area contributed by atoms with Gasteiger partial charge in [0.05, 0.1) is 0 Å². The van der Waals surface area contributed by atoms with Gasteiger partial charge in [-0.1, -0.05) is 43.2 Å². The predicted molar refractivity (Wildman–Crippen MR) is 82.2 cm³/mol. The molecule has 0 radical (unpaired) electrons. The highest BCUT2D eigenvalue weighted by Gasteiger charge is 2.30. The summed E-state index contributed by atoms with van der Waals surface area (Å²) in [4.78, 5) is 2.66. The Morgan fingerprint density at radius 1 is 1.37 bits per heavy atom. The topological polar surface area (TPSA) is 29.3 Å². The number of aryl methyl sites for hydroxylation is 1. The molecule has 2 rings (SSSR count). The van der Waals surface area contributed by atoms with Crippen LogP contribution in [0.2, 0.25) is 0 Å². The van der Waals surface area contributed by atoms with E-state index in [2.05, 4.69) is 49.9 Å². The number of nitrogens with zero attached hydrogens (tertiary/aromatic N) is 1. The zero-order chi connectivity index (χ0) is 13.8. The van der Waals surface area contributed by atoms with Crippen molar-refractivity contribution in [3.63, 3.8) is 0 Å². The lowest BCUT2D eigenvalue weighted by Crippen LogP contribution is -2.47. The highest BCUT2D eigenvalue weighted by atomic mass is 15.2. The molecule has 2 heteroatoms. The molecule has 1 heterocycles. The zero-order valence-corrected chi connectivity index (χ0v) is 12.6. The van der Waals surface area contributed by atoms with Gasteiger partial charge in [0.2, 0.25) is 0 Å². The average Bonchev–Trinajstić information content (AvgIpc) is 2.39. The third kappa shape index (κ3) is 3.37. The van der Waals surface area contributed by atoms with Crippen molar-refractivity contribution in [1.82, 2.24) is 4.90 Å². The van der Waals surface area contributed by atoms with Crippen molar-refractivity contribution < 1.29 is 0 Å². The van der Waals surface area contributed by atoms with Gasteiger partial charge in [-0.15, -0.1) is 0 Å². The van der Waals surface area contributed by atoms with Crippen molar-refractivity contribution >= 4 is 0 Å². The number of benzene rings is 1. The molecule has 1 fully saturated rings. The molecule has 0 aromatic heterocycles. The van der Waals surface area contributed by atoms with Gasteiger partial charge in [0.25, 0.3) is 0 Å². The van der Waals surface area contributed by atoms with Gasteiger partial charge in [-0.05, 0) is 45.2 Å². The van der Waals surface area contributed by atoms with E-state index in [4.69, 9.17) is 5.73 Å². The zero-order valence-electron chi connectivity index (χ0n) is 12.6. The van der Waals surface area contributed by atoms with Crippen LogP contribution in [-0.4, -0.2) is 23.5 Å². The Balaban J connectivity index is 2.28. The van der Waals surface area contributed by atoms with Crippen molar-refractivity contribution in [3.8, 4) is 0 Å². The van der Waals surface area contributed by atoms with E-state index in [0.29, 0.717) is 12.1 Å². The van der Waals surface area contributed by atoms with Crippen LogP contribution in [-0.2, 0) is 0 Å². The van der Waals surface area contributed by atoms with Crippen LogP contribution < -0.4 is 5.73 Å². The van der Waals surface area contributed by atoms with E-state index in [0.717, 1.165) is 0 Å². The number of likely N-dealkylation sites (tertiary alicyclic amines) is 1. The summed E-state index contributed by atoms with van der Waals surface area (Å²) in [6.07, 6.45) is 5.24. The minimum absolute atomic E-state index is 0.175. The average molecular weight is 260 g/mol. The molecule has 1 aromatic carbocycles. The molecule has 2 N–H and O–H groups in total. The molecule has 3 atom stereocenters. The fourth-order valence-corrected chi connectivity index (χ4v) is 3.48. The number of rotatable bonds is 4. The molecule has 106 valence electrons. The second kappa shape index (κ2) is 6.53. The maximum Gasteiger partial charge on any atom is 0.0499 e. The van der Waals surface area contributed by atoms with Gasteiger partial charge in [-0.3, -0.25) is 4.90 Å². The van der Waals surface area contributed by atoms with E-state index < -0.39 is 0 Å². The number of hydrogen-bond acceptors (Lipinski definition) is 2. The molecule has 0 spiro atoms. The first-order valence-corrected chi connectivity index (χ1v) is 7.71. The molecule has 19 heavy (non-hydrogen) atoms. The van der Waals surface area contributed by atoms with Crippen LogP contribution in [0.1, 0.15) is 56.7 Å². The van der Waals surface area contributed by atoms with E-state index in [1.807, 2.05) is 0 Å². The quantitative estimate of drug-likeness (QED) is 0.895. The minimum Gasteiger partial charge on any atom is -0.326 e. The monoisotopic (exact) mass is 260 g/mol. The van der Waals surface area contributed by atoms with Crippen LogP contribution in [0.4, 0.5) is 0 Å². The fraction of sp³-hybridized carbons (Fsp3) is 0.647. The van der Waals surface area contributed by atoms with Crippen molar-refractivity contribution in [2.75, 3.05) is 6.54 Å². The van der Waals surface area contributed by atoms with Crippen molar-refractivity contribution in [2.24, 2.45) is 5.73 Å². The van der Waals surface area contributed by atoms with Crippen LogP contribution >= 0.6 is 0 Å². The molecular weight excluding hydrogens is 232 g/mol. The Hall–Kier alpha value is -0.860. The third-order valence-electron chi connectivity index (χ3n) is 4.38. The molecule has 3 unspecified atom stereocenters. The summed E-state index contributed by atoms with van der Waals surface area (Å²) in [7, 11) is 0. The summed E-state index contributed by atoms with van der Waals surface area (Å²) >= 11 is 0. The van der Waals surface area contributed by atoms with E-state index in [1.165, 1.54) is 43.4 Å². The third-order valence-corrected chi connectivity index (χ3v) is 4.38. The van der Waals surface area contributed by atoms with Crippen molar-refractivity contribution in [1.29, 1.82) is 0 Å². The summed E-state index contributed by atoms with van der Waals surface area (Å²) in [5.41, 5.74) is 9.04. The molecule has 2 nitrogen and oxygen atoms in total. The minimum atomic E-state index is 0.175. The van der Waals surface area contributed by atoms with E-state index >= 15 is 0 Å². The molecular formula is C17H28N2. The first kappa shape index (κ1) is 14.5. The summed E-state index contributed by atoms with van der Waals surface area (Å²) in [6, 6.07) is 10.1. The van der Waals surface area contributed by atoms with Crippen LogP contribution in [0.5, 0.6) is 0 Å². The fourth-order valence-electron chi connectivity index (χ4n) is 3.48. The van der Waals surface area contributed by atoms with Crippen molar-refractivity contribution in [3.05, 3.63) is 35.4 Å². The van der Waals surface area contributed by atoms with Gasteiger partial charge in [0, 0.05) is 18.1 Å². The maximum absolute atomic E-state index is 6.32. The van der Waals surface area contributed by atoms with Crippen molar-refractivity contribution in [2.45, 2.75) is 64.6 Å². The molecule has 0 saturated carbocycles. The van der Waals surface area contributed by atoms with E-state index in [-0.39, 0.29) is 6.04 Å². The lowest BCUT2D eigenvalue weighted by molar-refractivity contribution is 0.0797. The molecule has 0 bridgehead atoms. The van der Waals surface area contributed by atoms with Gasteiger partial charge >= 0.3 is 0 Å². The number of nitrogens with two attached hydrogens (primary N) is 1. The van der Waals surface area contributed by atoms with Gasteiger partial charge in [0.15, 0.2) is 0 Å². The highest BCUT2D eigenvalue weighted by Crippen LogP contribution is 2.32.